The van der Waals surface area contributed by atoms with Crippen LogP contribution in [0, 0.1) is 10.1 Å². The minimum Gasteiger partial charge on any atom is -0.495 e. The summed E-state index contributed by atoms with van der Waals surface area (Å²) in [7, 11) is -2.45. The Morgan fingerprint density at radius 2 is 1.87 bits per heavy atom. The molecule has 1 fully saturated rings. The van der Waals surface area contributed by atoms with Gasteiger partial charge in [0.25, 0.3) is 5.69 Å². The van der Waals surface area contributed by atoms with Gasteiger partial charge < -0.3 is 14.8 Å². The molecule has 0 saturated carbocycles. The van der Waals surface area contributed by atoms with E-state index in [0.717, 1.165) is 0 Å². The van der Waals surface area contributed by atoms with Crippen LogP contribution in [0.15, 0.2) is 47.4 Å². The number of anilines is 1. The number of ether oxygens (including phenoxy) is 2. The van der Waals surface area contributed by atoms with Gasteiger partial charge in [0, 0.05) is 30.9 Å². The molecule has 0 aliphatic carbocycles. The average Bonchev–Trinajstić information content (AvgIpc) is 2.74. The molecule has 1 aliphatic rings. The Balaban J connectivity index is 1.77. The van der Waals surface area contributed by atoms with E-state index in [4.69, 9.17) is 9.47 Å². The van der Waals surface area contributed by atoms with Crippen molar-refractivity contribution in [1.82, 2.24) is 4.31 Å². The van der Waals surface area contributed by atoms with E-state index in [1.54, 1.807) is 6.07 Å². The molecule has 160 valence electrons. The van der Waals surface area contributed by atoms with Crippen molar-refractivity contribution in [3.05, 3.63) is 58.1 Å². The molecule has 1 aliphatic heterocycles. The molecule has 30 heavy (non-hydrogen) atoms. The van der Waals surface area contributed by atoms with Crippen molar-refractivity contribution in [2.45, 2.75) is 11.3 Å². The highest BCUT2D eigenvalue weighted by Gasteiger charge is 2.29. The Hall–Kier alpha value is -3.02. The van der Waals surface area contributed by atoms with Crippen LogP contribution in [-0.4, -0.2) is 57.0 Å². The third-order valence-corrected chi connectivity index (χ3v) is 6.47. The number of nitrogens with one attached hydrogen (secondary N) is 1. The van der Waals surface area contributed by atoms with Crippen molar-refractivity contribution in [2.24, 2.45) is 0 Å². The van der Waals surface area contributed by atoms with Crippen molar-refractivity contribution in [3.8, 4) is 5.75 Å². The van der Waals surface area contributed by atoms with E-state index < -0.39 is 14.9 Å². The van der Waals surface area contributed by atoms with Gasteiger partial charge in [-0.3, -0.25) is 14.9 Å². The molecule has 0 radical (unpaired) electrons. The summed E-state index contributed by atoms with van der Waals surface area (Å²) in [5, 5.41) is 13.4. The molecule has 1 N–H and O–H groups in total. The van der Waals surface area contributed by atoms with E-state index in [0.29, 0.717) is 24.5 Å². The number of morpholine rings is 1. The van der Waals surface area contributed by atoms with Crippen LogP contribution in [-0.2, 0) is 26.0 Å². The smallest absolute Gasteiger partial charge is 0.269 e. The largest absolute Gasteiger partial charge is 0.495 e. The maximum Gasteiger partial charge on any atom is 0.269 e. The summed E-state index contributed by atoms with van der Waals surface area (Å²) in [6, 6.07) is 10.0. The third kappa shape index (κ3) is 4.93. The van der Waals surface area contributed by atoms with Crippen molar-refractivity contribution in [2.75, 3.05) is 38.7 Å². The lowest BCUT2D eigenvalue weighted by molar-refractivity contribution is -0.384. The number of amides is 1. The highest BCUT2D eigenvalue weighted by molar-refractivity contribution is 7.89. The van der Waals surface area contributed by atoms with E-state index in [1.165, 1.54) is 47.8 Å². The van der Waals surface area contributed by atoms with Crippen LogP contribution >= 0.6 is 0 Å². The maximum absolute atomic E-state index is 13.0. The van der Waals surface area contributed by atoms with Gasteiger partial charge in [0.05, 0.1) is 31.7 Å². The van der Waals surface area contributed by atoms with Crippen LogP contribution in [0.1, 0.15) is 5.56 Å². The molecule has 3 rings (SSSR count). The second kappa shape index (κ2) is 9.20. The van der Waals surface area contributed by atoms with E-state index in [9.17, 15) is 23.3 Å². The number of nitro benzene ring substituents is 1. The summed E-state index contributed by atoms with van der Waals surface area (Å²) in [4.78, 5) is 22.5. The SMILES string of the molecule is COc1ccc(NC(=O)Cc2ccc([N+](=O)[O-])cc2)cc1S(=O)(=O)N1CCOCC1. The molecule has 1 heterocycles. The van der Waals surface area contributed by atoms with E-state index in [2.05, 4.69) is 5.32 Å². The highest BCUT2D eigenvalue weighted by Crippen LogP contribution is 2.30. The Morgan fingerprint density at radius 1 is 1.20 bits per heavy atom. The molecule has 10 nitrogen and oxygen atoms in total. The van der Waals surface area contributed by atoms with Gasteiger partial charge >= 0.3 is 0 Å². The number of carbonyl (C=O) groups excluding carboxylic acids is 1. The summed E-state index contributed by atoms with van der Waals surface area (Å²) in [5.41, 5.74) is 0.828. The maximum atomic E-state index is 13.0. The molecule has 11 heteroatoms. The molecule has 0 spiro atoms. The molecule has 1 saturated heterocycles. The lowest BCUT2D eigenvalue weighted by Crippen LogP contribution is -2.40. The fraction of sp³-hybridized carbons (Fsp3) is 0.316. The van der Waals surface area contributed by atoms with Gasteiger partial charge in [-0.25, -0.2) is 8.42 Å². The third-order valence-electron chi connectivity index (χ3n) is 4.55. The van der Waals surface area contributed by atoms with Crippen molar-refractivity contribution in [1.29, 1.82) is 0 Å². The second-order valence-corrected chi connectivity index (χ2v) is 8.44. The number of benzene rings is 2. The monoisotopic (exact) mass is 435 g/mol. The minimum absolute atomic E-state index is 0.0183. The Labute approximate surface area is 173 Å². The fourth-order valence-electron chi connectivity index (χ4n) is 3.01. The van der Waals surface area contributed by atoms with Crippen LogP contribution in [0.4, 0.5) is 11.4 Å². The number of nitrogens with zero attached hydrogens (tertiary/aromatic N) is 2. The number of hydrogen-bond donors (Lipinski definition) is 1. The zero-order valence-corrected chi connectivity index (χ0v) is 17.1. The average molecular weight is 435 g/mol. The van der Waals surface area contributed by atoms with Crippen LogP contribution in [0.25, 0.3) is 0 Å². The molecule has 0 unspecified atom stereocenters. The topological polar surface area (TPSA) is 128 Å². The van der Waals surface area contributed by atoms with E-state index in [-0.39, 0.29) is 41.7 Å². The number of rotatable bonds is 7. The first-order chi connectivity index (χ1) is 14.3. The summed E-state index contributed by atoms with van der Waals surface area (Å²) in [5.74, 6) is -0.210. The molecular formula is C19H21N3O7S. The predicted molar refractivity (Wildman–Crippen MR) is 108 cm³/mol. The highest BCUT2D eigenvalue weighted by atomic mass is 32.2. The molecule has 0 bridgehead atoms. The number of methoxy groups -OCH3 is 1. The minimum atomic E-state index is -3.82. The summed E-state index contributed by atoms with van der Waals surface area (Å²) in [6.45, 7) is 1.10. The van der Waals surface area contributed by atoms with Crippen LogP contribution in [0.2, 0.25) is 0 Å². The van der Waals surface area contributed by atoms with Crippen molar-refractivity contribution >= 4 is 27.3 Å². The molecule has 0 atom stereocenters. The van der Waals surface area contributed by atoms with Crippen LogP contribution < -0.4 is 10.1 Å². The van der Waals surface area contributed by atoms with Gasteiger partial charge in [-0.1, -0.05) is 12.1 Å². The number of nitro groups is 1. The summed E-state index contributed by atoms with van der Waals surface area (Å²) in [6.07, 6.45) is -0.0183. The first-order valence-corrected chi connectivity index (χ1v) is 10.5. The first kappa shape index (κ1) is 21.7. The quantitative estimate of drug-likeness (QED) is 0.519. The standard InChI is InChI=1S/C19H21N3O7S/c1-28-17-7-4-15(13-18(17)30(26,27)21-8-10-29-11-9-21)20-19(23)12-14-2-5-16(6-3-14)22(24)25/h2-7,13H,8-12H2,1H3,(H,20,23). The van der Waals surface area contributed by atoms with Gasteiger partial charge in [-0.2, -0.15) is 4.31 Å². The van der Waals surface area contributed by atoms with Crippen molar-refractivity contribution in [3.63, 3.8) is 0 Å². The summed E-state index contributed by atoms with van der Waals surface area (Å²) < 4.78 is 37.7. The first-order valence-electron chi connectivity index (χ1n) is 9.10. The summed E-state index contributed by atoms with van der Waals surface area (Å²) >= 11 is 0. The Morgan fingerprint density at radius 3 is 2.47 bits per heavy atom. The van der Waals surface area contributed by atoms with Gasteiger partial charge in [-0.05, 0) is 23.8 Å². The Kier molecular flexibility index (Phi) is 6.65. The van der Waals surface area contributed by atoms with Crippen LogP contribution in [0.5, 0.6) is 5.75 Å². The van der Waals surface area contributed by atoms with Gasteiger partial charge in [0.1, 0.15) is 10.6 Å². The number of hydrogen-bond acceptors (Lipinski definition) is 7. The fourth-order valence-corrected chi connectivity index (χ4v) is 4.60. The zero-order chi connectivity index (χ0) is 21.7. The van der Waals surface area contributed by atoms with Gasteiger partial charge in [0.2, 0.25) is 15.9 Å². The molecule has 2 aromatic carbocycles. The van der Waals surface area contributed by atoms with Crippen molar-refractivity contribution < 1.29 is 27.6 Å². The van der Waals surface area contributed by atoms with Crippen LogP contribution in [0.3, 0.4) is 0 Å². The van der Waals surface area contributed by atoms with Gasteiger partial charge in [-0.15, -0.1) is 0 Å². The zero-order valence-electron chi connectivity index (χ0n) is 16.2. The predicted octanol–water partition coefficient (Wildman–Crippen LogP) is 1.81. The second-order valence-electron chi connectivity index (χ2n) is 6.53. The Bertz CT molecular complexity index is 1030. The normalized spacial score (nSPS) is 14.8. The molecule has 2 aromatic rings. The molecular weight excluding hydrogens is 414 g/mol. The lowest BCUT2D eigenvalue weighted by atomic mass is 10.1. The van der Waals surface area contributed by atoms with E-state index in [1.807, 2.05) is 0 Å². The number of non-ortho nitro benzene ring substituents is 1. The molecule has 1 amide bonds. The van der Waals surface area contributed by atoms with Gasteiger partial charge in [0.15, 0.2) is 0 Å². The molecule has 0 aromatic heterocycles. The number of sulfonamides is 1. The van der Waals surface area contributed by atoms with E-state index >= 15 is 0 Å². The number of carbonyl (C=O) groups is 1. The lowest BCUT2D eigenvalue weighted by Gasteiger charge is -2.26.